The highest BCUT2D eigenvalue weighted by atomic mass is 35.5. The smallest absolute Gasteiger partial charge is 0.333 e. The van der Waals surface area contributed by atoms with Crippen LogP contribution in [-0.4, -0.2) is 29.4 Å². The maximum atomic E-state index is 12.1. The van der Waals surface area contributed by atoms with Crippen molar-refractivity contribution in [1.82, 2.24) is 10.6 Å². The molecule has 3 N–H and O–H groups in total. The molecule has 0 aromatic heterocycles. The third-order valence-corrected chi connectivity index (χ3v) is 4.14. The van der Waals surface area contributed by atoms with E-state index < -0.39 is 22.8 Å². The molecule has 2 amide bonds. The molecule has 6 nitrogen and oxygen atoms in total. The number of carboxylic acids is 1. The highest BCUT2D eigenvalue weighted by Gasteiger charge is 2.37. The first kappa shape index (κ1) is 20.3. The van der Waals surface area contributed by atoms with Gasteiger partial charge in [0.25, 0.3) is 0 Å². The van der Waals surface area contributed by atoms with Gasteiger partial charge in [0.2, 0.25) is 11.8 Å². The van der Waals surface area contributed by atoms with E-state index in [1.165, 1.54) is 25.1 Å². The summed E-state index contributed by atoms with van der Waals surface area (Å²) < 4.78 is 0. The number of rotatable bonds is 5. The molecule has 0 saturated carbocycles. The fourth-order valence-corrected chi connectivity index (χ4v) is 2.10. The summed E-state index contributed by atoms with van der Waals surface area (Å²) in [5.41, 5.74) is -2.10. The van der Waals surface area contributed by atoms with Gasteiger partial charge < -0.3 is 15.7 Å². The van der Waals surface area contributed by atoms with Crippen molar-refractivity contribution in [1.29, 1.82) is 0 Å². The second-order valence-electron chi connectivity index (χ2n) is 6.54. The van der Waals surface area contributed by atoms with Gasteiger partial charge in [0.05, 0.1) is 16.6 Å². The van der Waals surface area contributed by atoms with Crippen LogP contribution in [0.4, 0.5) is 0 Å². The zero-order chi connectivity index (χ0) is 18.7. The molecule has 0 fully saturated rings. The molecule has 24 heavy (non-hydrogen) atoms. The summed E-state index contributed by atoms with van der Waals surface area (Å²) >= 11 is 11.7. The van der Waals surface area contributed by atoms with Crippen LogP contribution >= 0.6 is 23.2 Å². The van der Waals surface area contributed by atoms with Gasteiger partial charge in [-0.15, -0.1) is 0 Å². The lowest BCUT2D eigenvalue weighted by Gasteiger charge is -2.27. The van der Waals surface area contributed by atoms with Crippen molar-refractivity contribution in [3.05, 3.63) is 33.8 Å². The van der Waals surface area contributed by atoms with E-state index in [4.69, 9.17) is 23.2 Å². The molecule has 1 rings (SSSR count). The fourth-order valence-electron chi connectivity index (χ4n) is 1.81. The van der Waals surface area contributed by atoms with Gasteiger partial charge in [-0.1, -0.05) is 50.0 Å². The van der Waals surface area contributed by atoms with Crippen LogP contribution in [0.3, 0.4) is 0 Å². The van der Waals surface area contributed by atoms with Crippen LogP contribution in [0.1, 0.15) is 33.3 Å². The molecular weight excluding hydrogens is 355 g/mol. The van der Waals surface area contributed by atoms with E-state index in [2.05, 4.69) is 10.6 Å². The van der Waals surface area contributed by atoms with Gasteiger partial charge in [-0.05, 0) is 24.6 Å². The van der Waals surface area contributed by atoms with Crippen LogP contribution < -0.4 is 10.6 Å². The SMILES string of the molecule is CC(C)(C)C(=O)NCC(=O)NC(C)(C(=O)O)c1ccc(Cl)c(Cl)c1. The molecule has 1 unspecified atom stereocenters. The lowest BCUT2D eigenvalue weighted by atomic mass is 9.92. The Hall–Kier alpha value is -1.79. The summed E-state index contributed by atoms with van der Waals surface area (Å²) in [7, 11) is 0. The molecule has 0 radical (unpaired) electrons. The van der Waals surface area contributed by atoms with Gasteiger partial charge in [0.1, 0.15) is 0 Å². The summed E-state index contributed by atoms with van der Waals surface area (Å²) in [6.45, 7) is 6.12. The average molecular weight is 375 g/mol. The fraction of sp³-hybridized carbons (Fsp3) is 0.438. The third-order valence-electron chi connectivity index (χ3n) is 3.40. The van der Waals surface area contributed by atoms with Gasteiger partial charge in [-0.25, -0.2) is 4.79 Å². The van der Waals surface area contributed by atoms with Gasteiger partial charge in [0.15, 0.2) is 5.54 Å². The van der Waals surface area contributed by atoms with Crippen LogP contribution in [0.15, 0.2) is 18.2 Å². The normalized spacial score (nSPS) is 13.8. The first-order valence-electron chi connectivity index (χ1n) is 7.16. The van der Waals surface area contributed by atoms with E-state index >= 15 is 0 Å². The Balaban J connectivity index is 2.93. The van der Waals surface area contributed by atoms with Crippen molar-refractivity contribution in [2.24, 2.45) is 5.41 Å². The van der Waals surface area contributed by atoms with Crippen LogP contribution in [0.2, 0.25) is 10.0 Å². The molecule has 8 heteroatoms. The van der Waals surface area contributed by atoms with Crippen molar-refractivity contribution in [3.8, 4) is 0 Å². The highest BCUT2D eigenvalue weighted by molar-refractivity contribution is 6.42. The molecule has 0 aliphatic carbocycles. The standard InChI is InChI=1S/C16H20Cl2N2O4/c1-15(2,3)13(22)19-8-12(21)20-16(4,14(23)24)9-5-6-10(17)11(18)7-9/h5-7H,8H2,1-4H3,(H,19,22)(H,20,21)(H,23,24). The topological polar surface area (TPSA) is 95.5 Å². The van der Waals surface area contributed by atoms with Crippen LogP contribution in [0.25, 0.3) is 0 Å². The predicted molar refractivity (Wildman–Crippen MR) is 92.1 cm³/mol. The molecule has 1 aromatic rings. The molecule has 0 bridgehead atoms. The number of aliphatic carboxylic acids is 1. The molecule has 1 aromatic carbocycles. The minimum atomic E-state index is -1.71. The first-order valence-corrected chi connectivity index (χ1v) is 7.92. The number of halogens is 2. The largest absolute Gasteiger partial charge is 0.479 e. The van der Waals surface area contributed by atoms with Crippen molar-refractivity contribution in [3.63, 3.8) is 0 Å². The second kappa shape index (κ2) is 7.40. The van der Waals surface area contributed by atoms with Crippen LogP contribution in [0.5, 0.6) is 0 Å². The van der Waals surface area contributed by atoms with E-state index in [9.17, 15) is 19.5 Å². The summed E-state index contributed by atoms with van der Waals surface area (Å²) in [6, 6.07) is 4.30. The van der Waals surface area contributed by atoms with Crippen molar-refractivity contribution in [2.75, 3.05) is 6.54 Å². The molecule has 0 saturated heterocycles. The monoisotopic (exact) mass is 374 g/mol. The maximum Gasteiger partial charge on any atom is 0.333 e. The Morgan fingerprint density at radius 1 is 1.08 bits per heavy atom. The Bertz CT molecular complexity index is 671. The Morgan fingerprint density at radius 3 is 2.12 bits per heavy atom. The van der Waals surface area contributed by atoms with Gasteiger partial charge in [0, 0.05) is 5.41 Å². The van der Waals surface area contributed by atoms with Crippen LogP contribution in [0, 0.1) is 5.41 Å². The van der Waals surface area contributed by atoms with Crippen molar-refractivity contribution in [2.45, 2.75) is 33.2 Å². The van der Waals surface area contributed by atoms with E-state index in [1.807, 2.05) is 0 Å². The lowest BCUT2D eigenvalue weighted by molar-refractivity contribution is -0.147. The van der Waals surface area contributed by atoms with E-state index in [-0.39, 0.29) is 28.1 Å². The van der Waals surface area contributed by atoms with Gasteiger partial charge >= 0.3 is 5.97 Å². The third kappa shape index (κ3) is 4.85. The predicted octanol–water partition coefficient (Wildman–Crippen LogP) is 2.57. The van der Waals surface area contributed by atoms with E-state index in [0.717, 1.165) is 0 Å². The summed E-state index contributed by atoms with van der Waals surface area (Å²) in [5.74, 6) is -2.22. The van der Waals surface area contributed by atoms with Crippen molar-refractivity contribution < 1.29 is 19.5 Å². The maximum absolute atomic E-state index is 12.1. The zero-order valence-electron chi connectivity index (χ0n) is 13.9. The van der Waals surface area contributed by atoms with E-state index in [0.29, 0.717) is 0 Å². The van der Waals surface area contributed by atoms with Crippen molar-refractivity contribution >= 4 is 41.0 Å². The number of carbonyl (C=O) groups excluding carboxylic acids is 2. The number of carboxylic acid groups (broad SMARTS) is 1. The number of hydrogen-bond donors (Lipinski definition) is 3. The van der Waals surface area contributed by atoms with Gasteiger partial charge in [-0.2, -0.15) is 0 Å². The molecule has 1 atom stereocenters. The highest BCUT2D eigenvalue weighted by Crippen LogP contribution is 2.29. The quantitative estimate of drug-likeness (QED) is 0.737. The molecule has 0 heterocycles. The summed E-state index contributed by atoms with van der Waals surface area (Å²) in [5, 5.41) is 14.8. The van der Waals surface area contributed by atoms with Gasteiger partial charge in [-0.3, -0.25) is 9.59 Å². The summed E-state index contributed by atoms with van der Waals surface area (Å²) in [4.78, 5) is 35.5. The molecular formula is C16H20Cl2N2O4. The number of benzene rings is 1. The van der Waals surface area contributed by atoms with Crippen LogP contribution in [-0.2, 0) is 19.9 Å². The molecule has 0 aliphatic heterocycles. The number of carbonyl (C=O) groups is 3. The second-order valence-corrected chi connectivity index (χ2v) is 7.35. The zero-order valence-corrected chi connectivity index (χ0v) is 15.4. The number of hydrogen-bond acceptors (Lipinski definition) is 3. The Labute approximate surface area is 150 Å². The first-order chi connectivity index (χ1) is 10.9. The minimum absolute atomic E-state index is 0.178. The Kier molecular flexibility index (Phi) is 6.25. The summed E-state index contributed by atoms with van der Waals surface area (Å²) in [6.07, 6.45) is 0. The number of amides is 2. The minimum Gasteiger partial charge on any atom is -0.479 e. The lowest BCUT2D eigenvalue weighted by Crippen LogP contribution is -2.52. The van der Waals surface area contributed by atoms with E-state index in [1.54, 1.807) is 20.8 Å². The molecule has 0 aliphatic rings. The molecule has 0 spiro atoms. The Morgan fingerprint density at radius 2 is 1.67 bits per heavy atom. The average Bonchev–Trinajstić information content (AvgIpc) is 2.46. The molecule has 132 valence electrons. The number of nitrogens with one attached hydrogen (secondary N) is 2.